The second kappa shape index (κ2) is 4.96. The minimum absolute atomic E-state index is 0.124. The predicted octanol–water partition coefficient (Wildman–Crippen LogP) is 3.96. The van der Waals surface area contributed by atoms with Gasteiger partial charge in [0.15, 0.2) is 17.3 Å². The predicted molar refractivity (Wildman–Crippen MR) is 62.9 cm³/mol. The number of hydrogen-bond acceptors (Lipinski definition) is 2. The van der Waals surface area contributed by atoms with E-state index in [4.69, 9.17) is 4.74 Å². The molecule has 0 spiro atoms. The molecule has 2 aromatic carbocycles. The minimum Gasteiger partial charge on any atom is -0.453 e. The lowest BCUT2D eigenvalue weighted by atomic mass is 10.1. The molecule has 0 fully saturated rings. The van der Waals surface area contributed by atoms with Crippen molar-refractivity contribution in [2.75, 3.05) is 0 Å². The summed E-state index contributed by atoms with van der Waals surface area (Å²) in [5, 5.41) is 0. The number of hydrogen-bond donors (Lipinski definition) is 0. The average Bonchev–Trinajstić information content (AvgIpc) is 2.31. The molecule has 2 aromatic rings. The number of rotatable bonds is 3. The molecule has 0 N–H and O–H groups in total. The molecule has 0 bridgehead atoms. The van der Waals surface area contributed by atoms with Crippen LogP contribution in [-0.2, 0) is 0 Å². The Kier molecular flexibility index (Phi) is 3.37. The van der Waals surface area contributed by atoms with E-state index in [0.717, 1.165) is 6.07 Å². The van der Waals surface area contributed by atoms with Crippen molar-refractivity contribution in [1.82, 2.24) is 0 Å². The van der Waals surface area contributed by atoms with Gasteiger partial charge in [-0.1, -0.05) is 12.1 Å². The maximum absolute atomic E-state index is 13.6. The molecule has 0 aliphatic rings. The van der Waals surface area contributed by atoms with Gasteiger partial charge >= 0.3 is 0 Å². The highest BCUT2D eigenvalue weighted by atomic mass is 19.1. The first-order valence-corrected chi connectivity index (χ1v) is 5.31. The number of Topliss-reactive ketones (excluding diaryl/α,β-unsaturated/α-hetero) is 1. The second-order valence-electron chi connectivity index (χ2n) is 3.73. The van der Waals surface area contributed by atoms with E-state index in [1.54, 1.807) is 0 Å². The van der Waals surface area contributed by atoms with E-state index in [1.165, 1.54) is 43.3 Å². The molecule has 0 radical (unpaired) electrons. The molecular formula is C14H10F2O2. The van der Waals surface area contributed by atoms with Crippen molar-refractivity contribution in [2.45, 2.75) is 6.92 Å². The summed E-state index contributed by atoms with van der Waals surface area (Å²) in [6, 6.07) is 9.36. The Morgan fingerprint density at radius 2 is 1.83 bits per heavy atom. The number of para-hydroxylation sites is 1. The molecular weight excluding hydrogens is 238 g/mol. The van der Waals surface area contributed by atoms with E-state index >= 15 is 0 Å². The van der Waals surface area contributed by atoms with Gasteiger partial charge in [-0.15, -0.1) is 0 Å². The summed E-state index contributed by atoms with van der Waals surface area (Å²) in [5.41, 5.74) is 0.124. The zero-order chi connectivity index (χ0) is 13.1. The lowest BCUT2D eigenvalue weighted by Crippen LogP contribution is -1.99. The lowest BCUT2D eigenvalue weighted by Gasteiger charge is -2.10. The van der Waals surface area contributed by atoms with Crippen molar-refractivity contribution in [3.05, 3.63) is 59.7 Å². The number of carbonyl (C=O) groups is 1. The molecule has 92 valence electrons. The van der Waals surface area contributed by atoms with E-state index in [0.29, 0.717) is 0 Å². The van der Waals surface area contributed by atoms with Crippen molar-refractivity contribution >= 4 is 5.78 Å². The number of halogens is 2. The third-order valence-corrected chi connectivity index (χ3v) is 2.36. The highest BCUT2D eigenvalue weighted by molar-refractivity contribution is 5.96. The molecule has 2 nitrogen and oxygen atoms in total. The van der Waals surface area contributed by atoms with Crippen LogP contribution in [0.4, 0.5) is 8.78 Å². The fraction of sp³-hybridized carbons (Fsp3) is 0.0714. The first-order chi connectivity index (χ1) is 8.58. The maximum Gasteiger partial charge on any atom is 0.173 e. The van der Waals surface area contributed by atoms with E-state index in [9.17, 15) is 13.6 Å². The zero-order valence-electron chi connectivity index (χ0n) is 9.61. The van der Waals surface area contributed by atoms with Crippen molar-refractivity contribution in [1.29, 1.82) is 0 Å². The van der Waals surface area contributed by atoms with Gasteiger partial charge in [-0.25, -0.2) is 8.78 Å². The Morgan fingerprint density at radius 1 is 1.11 bits per heavy atom. The van der Waals surface area contributed by atoms with Crippen molar-refractivity contribution < 1.29 is 18.3 Å². The van der Waals surface area contributed by atoms with E-state index < -0.39 is 11.6 Å². The van der Waals surface area contributed by atoms with Gasteiger partial charge in [-0.3, -0.25) is 4.79 Å². The highest BCUT2D eigenvalue weighted by Gasteiger charge is 2.14. The SMILES string of the molecule is CC(=O)c1cccc(F)c1Oc1cccc(F)c1. The Morgan fingerprint density at radius 3 is 2.50 bits per heavy atom. The summed E-state index contributed by atoms with van der Waals surface area (Å²) in [5.74, 6) is -1.51. The Bertz CT molecular complexity index is 594. The van der Waals surface area contributed by atoms with Crippen LogP contribution >= 0.6 is 0 Å². The monoisotopic (exact) mass is 248 g/mol. The van der Waals surface area contributed by atoms with Crippen LogP contribution in [0.1, 0.15) is 17.3 Å². The molecule has 0 atom stereocenters. The van der Waals surface area contributed by atoms with Crippen LogP contribution in [0.3, 0.4) is 0 Å². The first kappa shape index (κ1) is 12.2. The topological polar surface area (TPSA) is 26.3 Å². The summed E-state index contributed by atoms with van der Waals surface area (Å²) in [7, 11) is 0. The normalized spacial score (nSPS) is 10.2. The summed E-state index contributed by atoms with van der Waals surface area (Å²) >= 11 is 0. The number of ether oxygens (including phenoxy) is 1. The summed E-state index contributed by atoms with van der Waals surface area (Å²) in [6.07, 6.45) is 0. The van der Waals surface area contributed by atoms with Crippen LogP contribution in [0.2, 0.25) is 0 Å². The van der Waals surface area contributed by atoms with Crippen LogP contribution in [0.25, 0.3) is 0 Å². The van der Waals surface area contributed by atoms with Gasteiger partial charge in [0, 0.05) is 6.07 Å². The minimum atomic E-state index is -0.660. The fourth-order valence-corrected chi connectivity index (χ4v) is 1.54. The van der Waals surface area contributed by atoms with Gasteiger partial charge in [0.1, 0.15) is 11.6 Å². The first-order valence-electron chi connectivity index (χ1n) is 5.31. The maximum atomic E-state index is 13.6. The molecule has 0 amide bonds. The Balaban J connectivity index is 2.42. The second-order valence-corrected chi connectivity index (χ2v) is 3.73. The quantitative estimate of drug-likeness (QED) is 0.768. The van der Waals surface area contributed by atoms with Gasteiger partial charge in [0.25, 0.3) is 0 Å². The highest BCUT2D eigenvalue weighted by Crippen LogP contribution is 2.29. The van der Waals surface area contributed by atoms with E-state index in [-0.39, 0.29) is 22.8 Å². The van der Waals surface area contributed by atoms with Crippen LogP contribution in [-0.4, -0.2) is 5.78 Å². The molecule has 0 saturated heterocycles. The lowest BCUT2D eigenvalue weighted by molar-refractivity contribution is 0.101. The Labute approximate surface area is 103 Å². The molecule has 0 heterocycles. The van der Waals surface area contributed by atoms with Crippen LogP contribution in [0.5, 0.6) is 11.5 Å². The third-order valence-electron chi connectivity index (χ3n) is 2.36. The van der Waals surface area contributed by atoms with Gasteiger partial charge in [-0.2, -0.15) is 0 Å². The molecule has 0 aliphatic carbocycles. The van der Waals surface area contributed by atoms with Gasteiger partial charge in [-0.05, 0) is 31.2 Å². The molecule has 2 rings (SSSR count). The van der Waals surface area contributed by atoms with E-state index in [2.05, 4.69) is 0 Å². The fourth-order valence-electron chi connectivity index (χ4n) is 1.54. The number of carbonyl (C=O) groups excluding carboxylic acids is 1. The van der Waals surface area contributed by atoms with Crippen LogP contribution in [0.15, 0.2) is 42.5 Å². The summed E-state index contributed by atoms with van der Waals surface area (Å²) < 4.78 is 31.9. The van der Waals surface area contributed by atoms with Crippen LogP contribution in [0, 0.1) is 11.6 Å². The van der Waals surface area contributed by atoms with Gasteiger partial charge in [0.05, 0.1) is 5.56 Å². The third kappa shape index (κ3) is 2.53. The largest absolute Gasteiger partial charge is 0.453 e. The Hall–Kier alpha value is -2.23. The molecule has 0 aliphatic heterocycles. The average molecular weight is 248 g/mol. The van der Waals surface area contributed by atoms with Crippen molar-refractivity contribution in [3.8, 4) is 11.5 Å². The molecule has 0 unspecified atom stereocenters. The standard InChI is InChI=1S/C14H10F2O2/c1-9(17)12-6-3-7-13(16)14(12)18-11-5-2-4-10(15)8-11/h2-8H,1H3. The van der Waals surface area contributed by atoms with Crippen molar-refractivity contribution in [2.24, 2.45) is 0 Å². The molecule has 18 heavy (non-hydrogen) atoms. The van der Waals surface area contributed by atoms with Crippen LogP contribution < -0.4 is 4.74 Å². The summed E-state index contributed by atoms with van der Waals surface area (Å²) in [4.78, 5) is 11.4. The number of benzene rings is 2. The van der Waals surface area contributed by atoms with Crippen molar-refractivity contribution in [3.63, 3.8) is 0 Å². The summed E-state index contributed by atoms with van der Waals surface area (Å²) in [6.45, 7) is 1.31. The van der Waals surface area contributed by atoms with Gasteiger partial charge in [0.2, 0.25) is 0 Å². The molecule has 0 saturated carbocycles. The zero-order valence-corrected chi connectivity index (χ0v) is 9.61. The number of ketones is 1. The molecule has 0 aromatic heterocycles. The molecule has 4 heteroatoms. The van der Waals surface area contributed by atoms with Gasteiger partial charge < -0.3 is 4.74 Å². The van der Waals surface area contributed by atoms with E-state index in [1.807, 2.05) is 0 Å². The smallest absolute Gasteiger partial charge is 0.173 e.